The van der Waals surface area contributed by atoms with Gasteiger partial charge in [0.2, 0.25) is 0 Å². The molecule has 0 amide bonds. The predicted octanol–water partition coefficient (Wildman–Crippen LogP) is 3.67. The molecule has 0 atom stereocenters. The summed E-state index contributed by atoms with van der Waals surface area (Å²) < 4.78 is 5.25. The largest absolute Gasteiger partial charge is 0.382 e. The van der Waals surface area contributed by atoms with Gasteiger partial charge in [0.1, 0.15) is 5.78 Å². The topological polar surface area (TPSA) is 39.2 Å². The minimum absolute atomic E-state index is 0.354. The number of hydrogen-bond donors (Lipinski definition) is 0. The fourth-order valence-corrected chi connectivity index (χ4v) is 2.87. The van der Waals surface area contributed by atoms with Crippen molar-refractivity contribution in [3.05, 3.63) is 29.1 Å². The summed E-state index contributed by atoms with van der Waals surface area (Å²) >= 11 is 0. The number of carbonyl (C=O) groups is 1. The molecule has 0 saturated heterocycles. The molecule has 1 aromatic rings. The van der Waals surface area contributed by atoms with Crippen LogP contribution >= 0.6 is 0 Å². The number of aryl methyl sites for hydroxylation is 3. The lowest BCUT2D eigenvalue weighted by Crippen LogP contribution is -2.07. The molecule has 3 heteroatoms. The second-order valence-electron chi connectivity index (χ2n) is 5.81. The van der Waals surface area contributed by atoms with E-state index in [1.54, 1.807) is 0 Å². The highest BCUT2D eigenvalue weighted by Crippen LogP contribution is 2.20. The Bertz CT molecular complexity index is 457. The number of ketones is 1. The molecule has 1 aliphatic carbocycles. The van der Waals surface area contributed by atoms with Gasteiger partial charge >= 0.3 is 0 Å². The van der Waals surface area contributed by atoms with Crippen LogP contribution in [0.25, 0.3) is 0 Å². The van der Waals surface area contributed by atoms with Crippen molar-refractivity contribution in [1.29, 1.82) is 0 Å². The molecule has 116 valence electrons. The summed E-state index contributed by atoms with van der Waals surface area (Å²) in [6, 6.07) is 4.38. The number of fused-ring (bicyclic) bond motifs is 1. The Labute approximate surface area is 128 Å². The Morgan fingerprint density at radius 2 is 2.00 bits per heavy atom. The van der Waals surface area contributed by atoms with E-state index in [1.165, 1.54) is 30.5 Å². The highest BCUT2D eigenvalue weighted by molar-refractivity contribution is 5.78. The quantitative estimate of drug-likeness (QED) is 0.651. The standard InChI is InChI=1S/C18H27NO2/c1-2-21-14-6-10-17(20)9-5-8-16-13-12-15-7-3-4-11-18(15)19-16/h12-13H,2-11,14H2,1H3. The van der Waals surface area contributed by atoms with E-state index in [-0.39, 0.29) is 0 Å². The molecule has 1 aromatic heterocycles. The summed E-state index contributed by atoms with van der Waals surface area (Å²) in [6.45, 7) is 3.42. The number of carbonyl (C=O) groups excluding carboxylic acids is 1. The van der Waals surface area contributed by atoms with Crippen LogP contribution in [0.15, 0.2) is 12.1 Å². The van der Waals surface area contributed by atoms with Gasteiger partial charge in [-0.15, -0.1) is 0 Å². The summed E-state index contributed by atoms with van der Waals surface area (Å²) in [5.41, 5.74) is 3.87. The molecule has 0 N–H and O–H groups in total. The summed E-state index contributed by atoms with van der Waals surface area (Å²) in [6.07, 6.45) is 8.88. The first-order valence-electron chi connectivity index (χ1n) is 8.36. The monoisotopic (exact) mass is 289 g/mol. The molecule has 0 bridgehead atoms. The molecule has 0 aromatic carbocycles. The number of aromatic nitrogens is 1. The van der Waals surface area contributed by atoms with Gasteiger partial charge in [0.25, 0.3) is 0 Å². The van der Waals surface area contributed by atoms with Crippen LogP contribution in [-0.4, -0.2) is 24.0 Å². The van der Waals surface area contributed by atoms with Crippen LogP contribution in [0.1, 0.15) is 62.4 Å². The third-order valence-corrected chi connectivity index (χ3v) is 4.07. The van der Waals surface area contributed by atoms with Gasteiger partial charge in [0, 0.05) is 37.4 Å². The zero-order chi connectivity index (χ0) is 14.9. The molecule has 21 heavy (non-hydrogen) atoms. The van der Waals surface area contributed by atoms with Crippen LogP contribution in [0, 0.1) is 0 Å². The van der Waals surface area contributed by atoms with E-state index in [9.17, 15) is 4.79 Å². The minimum atomic E-state index is 0.354. The second kappa shape index (κ2) is 8.93. The van der Waals surface area contributed by atoms with E-state index in [4.69, 9.17) is 9.72 Å². The van der Waals surface area contributed by atoms with Gasteiger partial charge in [-0.2, -0.15) is 0 Å². The van der Waals surface area contributed by atoms with E-state index in [0.717, 1.165) is 38.0 Å². The van der Waals surface area contributed by atoms with Crippen LogP contribution in [0.3, 0.4) is 0 Å². The third kappa shape index (κ3) is 5.58. The van der Waals surface area contributed by atoms with Gasteiger partial charge in [-0.1, -0.05) is 6.07 Å². The zero-order valence-corrected chi connectivity index (χ0v) is 13.2. The molecule has 1 heterocycles. The second-order valence-corrected chi connectivity index (χ2v) is 5.81. The average molecular weight is 289 g/mol. The number of Topliss-reactive ketones (excluding diaryl/α,β-unsaturated/α-hetero) is 1. The van der Waals surface area contributed by atoms with Crippen LogP contribution in [0.4, 0.5) is 0 Å². The van der Waals surface area contributed by atoms with Gasteiger partial charge < -0.3 is 4.74 Å². The number of rotatable bonds is 9. The Kier molecular flexibility index (Phi) is 6.87. The highest BCUT2D eigenvalue weighted by Gasteiger charge is 2.11. The van der Waals surface area contributed by atoms with Gasteiger partial charge in [-0.25, -0.2) is 0 Å². The minimum Gasteiger partial charge on any atom is -0.382 e. The lowest BCUT2D eigenvalue weighted by molar-refractivity contribution is -0.119. The first kappa shape index (κ1) is 16.2. The van der Waals surface area contributed by atoms with E-state index in [1.807, 2.05) is 6.92 Å². The number of nitrogens with zero attached hydrogens (tertiary/aromatic N) is 1. The molecule has 1 aliphatic rings. The maximum atomic E-state index is 11.8. The van der Waals surface area contributed by atoms with E-state index < -0.39 is 0 Å². The Hall–Kier alpha value is -1.22. The van der Waals surface area contributed by atoms with Gasteiger partial charge in [0.15, 0.2) is 0 Å². The highest BCUT2D eigenvalue weighted by atomic mass is 16.5. The summed E-state index contributed by atoms with van der Waals surface area (Å²) in [4.78, 5) is 16.5. The maximum absolute atomic E-state index is 11.8. The molecule has 2 rings (SSSR count). The lowest BCUT2D eigenvalue weighted by atomic mass is 9.95. The van der Waals surface area contributed by atoms with Crippen molar-refractivity contribution in [2.45, 2.75) is 64.7 Å². The Balaban J connectivity index is 1.67. The normalized spacial score (nSPS) is 14.0. The molecule has 0 spiro atoms. The predicted molar refractivity (Wildman–Crippen MR) is 84.6 cm³/mol. The maximum Gasteiger partial charge on any atom is 0.133 e. The van der Waals surface area contributed by atoms with Crippen molar-refractivity contribution < 1.29 is 9.53 Å². The number of hydrogen-bond acceptors (Lipinski definition) is 3. The fourth-order valence-electron chi connectivity index (χ4n) is 2.87. The van der Waals surface area contributed by atoms with Crippen LogP contribution in [0.2, 0.25) is 0 Å². The molecular weight excluding hydrogens is 262 g/mol. The Morgan fingerprint density at radius 1 is 1.19 bits per heavy atom. The van der Waals surface area contributed by atoms with Crippen molar-refractivity contribution in [1.82, 2.24) is 4.98 Å². The summed E-state index contributed by atoms with van der Waals surface area (Å²) in [7, 11) is 0. The van der Waals surface area contributed by atoms with Gasteiger partial charge in [-0.05, 0) is 63.5 Å². The molecule has 0 fully saturated rings. The molecule has 3 nitrogen and oxygen atoms in total. The van der Waals surface area contributed by atoms with Crippen molar-refractivity contribution in [3.63, 3.8) is 0 Å². The van der Waals surface area contributed by atoms with Crippen molar-refractivity contribution in [3.8, 4) is 0 Å². The Morgan fingerprint density at radius 3 is 2.86 bits per heavy atom. The summed E-state index contributed by atoms with van der Waals surface area (Å²) in [5.74, 6) is 0.354. The van der Waals surface area contributed by atoms with Crippen LogP contribution in [-0.2, 0) is 28.8 Å². The van der Waals surface area contributed by atoms with Crippen LogP contribution in [0.5, 0.6) is 0 Å². The first-order chi connectivity index (χ1) is 10.3. The van der Waals surface area contributed by atoms with Crippen molar-refractivity contribution in [2.75, 3.05) is 13.2 Å². The van der Waals surface area contributed by atoms with E-state index in [2.05, 4.69) is 12.1 Å². The van der Waals surface area contributed by atoms with E-state index in [0.29, 0.717) is 25.2 Å². The molecule has 0 saturated carbocycles. The molecular formula is C18H27NO2. The SMILES string of the molecule is CCOCCCC(=O)CCCc1ccc2c(n1)CCCC2. The number of ether oxygens (including phenoxy) is 1. The van der Waals surface area contributed by atoms with Crippen molar-refractivity contribution >= 4 is 5.78 Å². The third-order valence-electron chi connectivity index (χ3n) is 4.07. The summed E-state index contributed by atoms with van der Waals surface area (Å²) in [5, 5.41) is 0. The van der Waals surface area contributed by atoms with Gasteiger partial charge in [0.05, 0.1) is 0 Å². The smallest absolute Gasteiger partial charge is 0.133 e. The average Bonchev–Trinajstić information content (AvgIpc) is 2.51. The molecule has 0 radical (unpaired) electrons. The van der Waals surface area contributed by atoms with Crippen LogP contribution < -0.4 is 0 Å². The van der Waals surface area contributed by atoms with E-state index >= 15 is 0 Å². The van der Waals surface area contributed by atoms with Gasteiger partial charge in [-0.3, -0.25) is 9.78 Å². The fraction of sp³-hybridized carbons (Fsp3) is 0.667. The first-order valence-corrected chi connectivity index (χ1v) is 8.36. The molecule has 0 unspecified atom stereocenters. The van der Waals surface area contributed by atoms with Crippen molar-refractivity contribution in [2.24, 2.45) is 0 Å². The lowest BCUT2D eigenvalue weighted by Gasteiger charge is -2.15. The molecule has 0 aliphatic heterocycles. The zero-order valence-electron chi connectivity index (χ0n) is 13.2. The number of pyridine rings is 1.